The van der Waals surface area contributed by atoms with Crippen molar-refractivity contribution in [1.29, 1.82) is 0 Å². The maximum absolute atomic E-state index is 3.62. The van der Waals surface area contributed by atoms with Crippen molar-refractivity contribution in [2.45, 2.75) is 32.5 Å². The highest BCUT2D eigenvalue weighted by atomic mass is 32.1. The summed E-state index contributed by atoms with van der Waals surface area (Å²) in [6, 6.07) is 14.1. The lowest BCUT2D eigenvalue weighted by atomic mass is 10.0. The van der Waals surface area contributed by atoms with E-state index in [4.69, 9.17) is 0 Å². The van der Waals surface area contributed by atoms with Gasteiger partial charge in [0, 0.05) is 36.6 Å². The van der Waals surface area contributed by atoms with Gasteiger partial charge in [0.05, 0.1) is 0 Å². The number of rotatable bonds is 3. The summed E-state index contributed by atoms with van der Waals surface area (Å²) in [5, 5.41) is 5.82. The second-order valence-corrected chi connectivity index (χ2v) is 6.69. The van der Waals surface area contributed by atoms with Crippen LogP contribution in [0.2, 0.25) is 0 Å². The smallest absolute Gasteiger partial charge is 0.0477 e. The minimum absolute atomic E-state index is 0.480. The van der Waals surface area contributed by atoms with Gasteiger partial charge in [0.15, 0.2) is 0 Å². The first kappa shape index (κ1) is 13.8. The van der Waals surface area contributed by atoms with Crippen molar-refractivity contribution in [3.05, 3.63) is 57.8 Å². The van der Waals surface area contributed by atoms with Crippen molar-refractivity contribution in [2.24, 2.45) is 0 Å². The molecule has 2 unspecified atom stereocenters. The highest BCUT2D eigenvalue weighted by Crippen LogP contribution is 2.27. The van der Waals surface area contributed by atoms with E-state index in [-0.39, 0.29) is 0 Å². The Bertz CT molecular complexity index is 549. The Morgan fingerprint density at radius 1 is 1.25 bits per heavy atom. The Balaban J connectivity index is 1.82. The van der Waals surface area contributed by atoms with Gasteiger partial charge in [-0.05, 0) is 36.4 Å². The second-order valence-electron chi connectivity index (χ2n) is 5.69. The topological polar surface area (TPSA) is 15.3 Å². The molecule has 3 heteroatoms. The van der Waals surface area contributed by atoms with E-state index in [1.165, 1.54) is 16.0 Å². The number of benzene rings is 1. The zero-order chi connectivity index (χ0) is 13.9. The number of thiophene rings is 1. The van der Waals surface area contributed by atoms with Crippen LogP contribution in [-0.4, -0.2) is 24.0 Å². The van der Waals surface area contributed by atoms with E-state index < -0.39 is 0 Å². The normalized spacial score (nSPS) is 23.9. The second kappa shape index (κ2) is 6.08. The molecule has 1 aromatic heterocycles. The van der Waals surface area contributed by atoms with Gasteiger partial charge in [0.25, 0.3) is 0 Å². The summed E-state index contributed by atoms with van der Waals surface area (Å²) in [7, 11) is 0. The van der Waals surface area contributed by atoms with Gasteiger partial charge >= 0.3 is 0 Å². The van der Waals surface area contributed by atoms with E-state index in [2.05, 4.69) is 65.8 Å². The van der Waals surface area contributed by atoms with Crippen LogP contribution in [-0.2, 0) is 6.54 Å². The summed E-state index contributed by atoms with van der Waals surface area (Å²) in [5.41, 5.74) is 2.84. The third-order valence-corrected chi connectivity index (χ3v) is 5.12. The fourth-order valence-electron chi connectivity index (χ4n) is 2.91. The number of hydrogen-bond acceptors (Lipinski definition) is 3. The van der Waals surface area contributed by atoms with Crippen LogP contribution in [0, 0.1) is 6.92 Å². The highest BCUT2D eigenvalue weighted by Gasteiger charge is 2.27. The average Bonchev–Trinajstić information content (AvgIpc) is 2.85. The molecule has 0 aliphatic carbocycles. The van der Waals surface area contributed by atoms with E-state index >= 15 is 0 Å². The number of piperazine rings is 1. The first-order valence-corrected chi connectivity index (χ1v) is 8.17. The molecule has 1 aliphatic rings. The van der Waals surface area contributed by atoms with E-state index in [1.807, 2.05) is 11.3 Å². The molecular formula is C17H22N2S. The largest absolute Gasteiger partial charge is 0.311 e. The van der Waals surface area contributed by atoms with Crippen LogP contribution in [0.4, 0.5) is 0 Å². The number of hydrogen-bond donors (Lipinski definition) is 1. The first-order chi connectivity index (χ1) is 9.74. The molecular weight excluding hydrogens is 264 g/mol. The minimum atomic E-state index is 0.480. The number of aryl methyl sites for hydroxylation is 1. The Kier molecular flexibility index (Phi) is 4.20. The fraction of sp³-hybridized carbons (Fsp3) is 0.412. The van der Waals surface area contributed by atoms with Gasteiger partial charge in [0.1, 0.15) is 0 Å². The van der Waals surface area contributed by atoms with Crippen molar-refractivity contribution < 1.29 is 0 Å². The molecule has 0 radical (unpaired) electrons. The van der Waals surface area contributed by atoms with Crippen LogP contribution >= 0.6 is 11.3 Å². The molecule has 1 N–H and O–H groups in total. The molecule has 106 valence electrons. The van der Waals surface area contributed by atoms with Gasteiger partial charge in [-0.25, -0.2) is 0 Å². The maximum Gasteiger partial charge on any atom is 0.0477 e. The summed E-state index contributed by atoms with van der Waals surface area (Å²) in [6.45, 7) is 7.70. The maximum atomic E-state index is 3.62. The van der Waals surface area contributed by atoms with Gasteiger partial charge in [-0.3, -0.25) is 4.90 Å². The Labute approximate surface area is 125 Å². The molecule has 2 nitrogen and oxygen atoms in total. The molecule has 0 spiro atoms. The van der Waals surface area contributed by atoms with Crippen LogP contribution in [0.15, 0.2) is 41.8 Å². The SMILES string of the molecule is Cc1ccsc1CN1CC(C)NCC1c1ccccc1. The third kappa shape index (κ3) is 2.95. The molecule has 20 heavy (non-hydrogen) atoms. The van der Waals surface area contributed by atoms with Crippen LogP contribution in [0.5, 0.6) is 0 Å². The predicted octanol–water partition coefficient (Wildman–Crippen LogP) is 3.59. The van der Waals surface area contributed by atoms with Crippen molar-refractivity contribution in [3.8, 4) is 0 Å². The minimum Gasteiger partial charge on any atom is -0.311 e. The Morgan fingerprint density at radius 3 is 2.75 bits per heavy atom. The predicted molar refractivity (Wildman–Crippen MR) is 86.1 cm³/mol. The molecule has 0 bridgehead atoms. The summed E-state index contributed by atoms with van der Waals surface area (Å²) in [5.74, 6) is 0. The summed E-state index contributed by atoms with van der Waals surface area (Å²) in [4.78, 5) is 4.12. The average molecular weight is 286 g/mol. The summed E-state index contributed by atoms with van der Waals surface area (Å²) < 4.78 is 0. The standard InChI is InChI=1S/C17H22N2S/c1-13-8-9-20-17(13)12-19-11-14(2)18-10-16(19)15-6-4-3-5-7-15/h3-9,14,16,18H,10-12H2,1-2H3. The molecule has 2 heterocycles. The number of nitrogens with one attached hydrogen (secondary N) is 1. The highest BCUT2D eigenvalue weighted by molar-refractivity contribution is 7.10. The Hall–Kier alpha value is -1.16. The van der Waals surface area contributed by atoms with E-state index in [0.29, 0.717) is 12.1 Å². The molecule has 0 amide bonds. The van der Waals surface area contributed by atoms with Gasteiger partial charge in [0.2, 0.25) is 0 Å². The summed E-state index contributed by atoms with van der Waals surface area (Å²) in [6.07, 6.45) is 0. The molecule has 2 aromatic rings. The zero-order valence-corrected chi connectivity index (χ0v) is 13.0. The third-order valence-electron chi connectivity index (χ3n) is 4.11. The van der Waals surface area contributed by atoms with Crippen LogP contribution in [0.3, 0.4) is 0 Å². The van der Waals surface area contributed by atoms with Crippen LogP contribution < -0.4 is 5.32 Å². The molecule has 1 saturated heterocycles. The molecule has 1 aliphatic heterocycles. The van der Waals surface area contributed by atoms with Crippen molar-refractivity contribution in [2.75, 3.05) is 13.1 Å². The van der Waals surface area contributed by atoms with Crippen molar-refractivity contribution in [1.82, 2.24) is 10.2 Å². The lowest BCUT2D eigenvalue weighted by Gasteiger charge is -2.39. The monoisotopic (exact) mass is 286 g/mol. The molecule has 1 fully saturated rings. The first-order valence-electron chi connectivity index (χ1n) is 7.29. The van der Waals surface area contributed by atoms with E-state index in [0.717, 1.165) is 19.6 Å². The van der Waals surface area contributed by atoms with Crippen molar-refractivity contribution >= 4 is 11.3 Å². The molecule has 3 rings (SSSR count). The lowest BCUT2D eigenvalue weighted by molar-refractivity contribution is 0.129. The van der Waals surface area contributed by atoms with Crippen LogP contribution in [0.1, 0.15) is 29.0 Å². The quantitative estimate of drug-likeness (QED) is 0.927. The van der Waals surface area contributed by atoms with Gasteiger partial charge in [-0.15, -0.1) is 11.3 Å². The lowest BCUT2D eigenvalue weighted by Crippen LogP contribution is -2.50. The van der Waals surface area contributed by atoms with Gasteiger partial charge < -0.3 is 5.32 Å². The number of nitrogens with zero attached hydrogens (tertiary/aromatic N) is 1. The Morgan fingerprint density at radius 2 is 2.05 bits per heavy atom. The van der Waals surface area contributed by atoms with Crippen molar-refractivity contribution in [3.63, 3.8) is 0 Å². The van der Waals surface area contributed by atoms with E-state index in [1.54, 1.807) is 0 Å². The zero-order valence-electron chi connectivity index (χ0n) is 12.2. The molecule has 0 saturated carbocycles. The van der Waals surface area contributed by atoms with Crippen LogP contribution in [0.25, 0.3) is 0 Å². The van der Waals surface area contributed by atoms with Gasteiger partial charge in [-0.2, -0.15) is 0 Å². The fourth-order valence-corrected chi connectivity index (χ4v) is 3.85. The van der Waals surface area contributed by atoms with E-state index in [9.17, 15) is 0 Å². The molecule has 2 atom stereocenters. The summed E-state index contributed by atoms with van der Waals surface area (Å²) >= 11 is 1.88. The van der Waals surface area contributed by atoms with Gasteiger partial charge in [-0.1, -0.05) is 30.3 Å². The molecule has 1 aromatic carbocycles.